The first-order valence-electron chi connectivity index (χ1n) is 6.28. The molecule has 98 valence electrons. The van der Waals surface area contributed by atoms with Gasteiger partial charge in [0, 0.05) is 23.1 Å². The first kappa shape index (κ1) is 13.2. The van der Waals surface area contributed by atoms with Gasteiger partial charge in [-0.05, 0) is 44.0 Å². The van der Waals surface area contributed by atoms with Crippen LogP contribution in [0.1, 0.15) is 35.7 Å². The Balaban J connectivity index is 1.97. The molecular formula is C15H15NO3. The third kappa shape index (κ3) is 4.14. The number of rotatable bonds is 3. The smallest absolute Gasteiger partial charge is 0.384 e. The molecule has 1 N–H and O–H groups in total. The fraction of sp³-hybridized carbons (Fsp3) is 0.333. The topological polar surface area (TPSA) is 55.4 Å². The van der Waals surface area contributed by atoms with Gasteiger partial charge in [0.25, 0.3) is 5.91 Å². The van der Waals surface area contributed by atoms with Gasteiger partial charge < -0.3 is 10.1 Å². The molecule has 0 bridgehead atoms. The first-order valence-corrected chi connectivity index (χ1v) is 6.28. The highest BCUT2D eigenvalue weighted by atomic mass is 16.5. The maximum atomic E-state index is 11.7. The Bertz CT molecular complexity index is 533. The van der Waals surface area contributed by atoms with Crippen LogP contribution >= 0.6 is 0 Å². The van der Waals surface area contributed by atoms with Crippen LogP contribution in [0.15, 0.2) is 24.3 Å². The summed E-state index contributed by atoms with van der Waals surface area (Å²) in [6.07, 6.45) is 2.13. The Morgan fingerprint density at radius 3 is 2.58 bits per heavy atom. The van der Waals surface area contributed by atoms with E-state index in [1.54, 1.807) is 31.2 Å². The second kappa shape index (κ2) is 6.05. The van der Waals surface area contributed by atoms with Crippen LogP contribution in [0.5, 0.6) is 0 Å². The number of carbonyl (C=O) groups excluding carboxylic acids is 2. The lowest BCUT2D eigenvalue weighted by atomic mass is 10.1. The number of nitrogens with one attached hydrogen (secondary N) is 1. The number of amides is 1. The van der Waals surface area contributed by atoms with Crippen LogP contribution in [0.4, 0.5) is 0 Å². The van der Waals surface area contributed by atoms with Crippen LogP contribution in [0.2, 0.25) is 0 Å². The molecule has 1 aromatic rings. The standard InChI is InChI=1S/C15H15NO3/c1-2-19-14(17)10-5-11-3-6-12(7-4-11)15(18)16-13-8-9-13/h3-4,6-7,13H,2,8-9H2,1H3,(H,16,18). The van der Waals surface area contributed by atoms with Crippen molar-refractivity contribution >= 4 is 11.9 Å². The van der Waals surface area contributed by atoms with Crippen LogP contribution in [-0.4, -0.2) is 24.5 Å². The number of hydrogen-bond donors (Lipinski definition) is 1. The van der Waals surface area contributed by atoms with Gasteiger partial charge in [0.1, 0.15) is 0 Å². The normalized spacial score (nSPS) is 13.1. The van der Waals surface area contributed by atoms with Crippen LogP contribution < -0.4 is 5.32 Å². The molecule has 0 unspecified atom stereocenters. The fourth-order valence-corrected chi connectivity index (χ4v) is 1.49. The van der Waals surface area contributed by atoms with Gasteiger partial charge in [0.05, 0.1) is 6.61 Å². The second-order valence-electron chi connectivity index (χ2n) is 4.30. The molecule has 1 aliphatic rings. The SMILES string of the molecule is CCOC(=O)C#Cc1ccc(C(=O)NC2CC2)cc1. The van der Waals surface area contributed by atoms with Crippen LogP contribution in [-0.2, 0) is 9.53 Å². The third-order valence-corrected chi connectivity index (χ3v) is 2.64. The Labute approximate surface area is 112 Å². The van der Waals surface area contributed by atoms with Gasteiger partial charge in [-0.1, -0.05) is 5.92 Å². The van der Waals surface area contributed by atoms with E-state index in [2.05, 4.69) is 17.2 Å². The Kier molecular flexibility index (Phi) is 4.19. The molecule has 19 heavy (non-hydrogen) atoms. The highest BCUT2D eigenvalue weighted by molar-refractivity contribution is 5.94. The van der Waals surface area contributed by atoms with E-state index in [0.717, 1.165) is 12.8 Å². The summed E-state index contributed by atoms with van der Waals surface area (Å²) in [7, 11) is 0. The molecule has 1 amide bonds. The van der Waals surface area contributed by atoms with Crippen LogP contribution in [0, 0.1) is 11.8 Å². The van der Waals surface area contributed by atoms with E-state index >= 15 is 0 Å². The van der Waals surface area contributed by atoms with E-state index in [9.17, 15) is 9.59 Å². The predicted octanol–water partition coefficient (Wildman–Crippen LogP) is 1.49. The van der Waals surface area contributed by atoms with Gasteiger partial charge in [-0.2, -0.15) is 0 Å². The lowest BCUT2D eigenvalue weighted by Gasteiger charge is -2.02. The van der Waals surface area contributed by atoms with Crippen molar-refractivity contribution in [2.24, 2.45) is 0 Å². The molecule has 1 fully saturated rings. The summed E-state index contributed by atoms with van der Waals surface area (Å²) >= 11 is 0. The number of benzene rings is 1. The van der Waals surface area contributed by atoms with Crippen LogP contribution in [0.25, 0.3) is 0 Å². The van der Waals surface area contributed by atoms with Crippen molar-refractivity contribution in [1.82, 2.24) is 5.32 Å². The molecule has 4 heteroatoms. The minimum Gasteiger partial charge on any atom is -0.456 e. The summed E-state index contributed by atoms with van der Waals surface area (Å²) < 4.78 is 4.70. The van der Waals surface area contributed by atoms with Gasteiger partial charge >= 0.3 is 5.97 Å². The second-order valence-corrected chi connectivity index (χ2v) is 4.30. The Hall–Kier alpha value is -2.28. The van der Waals surface area contributed by atoms with Crippen molar-refractivity contribution in [3.8, 4) is 11.8 Å². The third-order valence-electron chi connectivity index (χ3n) is 2.64. The van der Waals surface area contributed by atoms with Crippen molar-refractivity contribution in [2.75, 3.05) is 6.61 Å². The molecule has 1 saturated carbocycles. The molecule has 1 aromatic carbocycles. The van der Waals surface area contributed by atoms with Gasteiger partial charge in [-0.15, -0.1) is 0 Å². The summed E-state index contributed by atoms with van der Waals surface area (Å²) in [5.74, 6) is 4.47. The van der Waals surface area contributed by atoms with Crippen molar-refractivity contribution in [1.29, 1.82) is 0 Å². The fourth-order valence-electron chi connectivity index (χ4n) is 1.49. The summed E-state index contributed by atoms with van der Waals surface area (Å²) in [5.41, 5.74) is 1.28. The molecule has 0 radical (unpaired) electrons. The summed E-state index contributed by atoms with van der Waals surface area (Å²) in [4.78, 5) is 22.8. The average molecular weight is 257 g/mol. The molecule has 0 spiro atoms. The molecule has 2 rings (SSSR count). The quantitative estimate of drug-likeness (QED) is 0.659. The number of esters is 1. The molecule has 1 aliphatic carbocycles. The zero-order valence-electron chi connectivity index (χ0n) is 10.7. The van der Waals surface area contributed by atoms with E-state index < -0.39 is 5.97 Å². The van der Waals surface area contributed by atoms with Gasteiger partial charge in [0.15, 0.2) is 0 Å². The van der Waals surface area contributed by atoms with E-state index in [-0.39, 0.29) is 5.91 Å². The maximum Gasteiger partial charge on any atom is 0.384 e. The molecule has 0 aliphatic heterocycles. The largest absolute Gasteiger partial charge is 0.456 e. The van der Waals surface area contributed by atoms with Gasteiger partial charge in [-0.25, -0.2) is 4.79 Å². The number of hydrogen-bond acceptors (Lipinski definition) is 3. The summed E-state index contributed by atoms with van der Waals surface area (Å²) in [5, 5.41) is 2.91. The van der Waals surface area contributed by atoms with Gasteiger partial charge in [0.2, 0.25) is 0 Å². The minimum absolute atomic E-state index is 0.0626. The van der Waals surface area contributed by atoms with E-state index in [4.69, 9.17) is 4.74 Å². The van der Waals surface area contributed by atoms with Crippen molar-refractivity contribution < 1.29 is 14.3 Å². The van der Waals surface area contributed by atoms with E-state index in [0.29, 0.717) is 23.8 Å². The Morgan fingerprint density at radius 1 is 1.32 bits per heavy atom. The van der Waals surface area contributed by atoms with Crippen molar-refractivity contribution in [3.05, 3.63) is 35.4 Å². The minimum atomic E-state index is -0.543. The average Bonchev–Trinajstić information content (AvgIpc) is 3.21. The summed E-state index contributed by atoms with van der Waals surface area (Å²) in [6, 6.07) is 7.18. The highest BCUT2D eigenvalue weighted by Crippen LogP contribution is 2.19. The lowest BCUT2D eigenvalue weighted by Crippen LogP contribution is -2.25. The lowest BCUT2D eigenvalue weighted by molar-refractivity contribution is -0.136. The van der Waals surface area contributed by atoms with E-state index in [1.807, 2.05) is 0 Å². The molecule has 0 atom stereocenters. The summed E-state index contributed by atoms with van der Waals surface area (Å²) in [6.45, 7) is 2.04. The van der Waals surface area contributed by atoms with Crippen molar-refractivity contribution in [2.45, 2.75) is 25.8 Å². The Morgan fingerprint density at radius 2 is 2.00 bits per heavy atom. The van der Waals surface area contributed by atoms with E-state index in [1.165, 1.54) is 0 Å². The zero-order valence-corrected chi connectivity index (χ0v) is 10.7. The zero-order chi connectivity index (χ0) is 13.7. The molecule has 0 heterocycles. The van der Waals surface area contributed by atoms with Crippen LogP contribution in [0.3, 0.4) is 0 Å². The molecule has 0 saturated heterocycles. The monoisotopic (exact) mass is 257 g/mol. The highest BCUT2D eigenvalue weighted by Gasteiger charge is 2.23. The molecule has 4 nitrogen and oxygen atoms in total. The number of ether oxygens (including phenoxy) is 1. The predicted molar refractivity (Wildman–Crippen MR) is 70.4 cm³/mol. The molecule has 0 aromatic heterocycles. The first-order chi connectivity index (χ1) is 9.19. The van der Waals surface area contributed by atoms with Crippen molar-refractivity contribution in [3.63, 3.8) is 0 Å². The maximum absolute atomic E-state index is 11.7. The van der Waals surface area contributed by atoms with Gasteiger partial charge in [-0.3, -0.25) is 4.79 Å². The number of carbonyl (C=O) groups is 2. The molecular weight excluding hydrogens is 242 g/mol.